The Hall–Kier alpha value is -1.60. The Morgan fingerprint density at radius 3 is 2.85 bits per heavy atom. The largest absolute Gasteiger partial charge is 0.351 e. The lowest BCUT2D eigenvalue weighted by atomic mass is 9.98. The average Bonchev–Trinajstić information content (AvgIpc) is 2.96. The van der Waals surface area contributed by atoms with Gasteiger partial charge < -0.3 is 10.2 Å². The highest BCUT2D eigenvalue weighted by molar-refractivity contribution is 7.90. The summed E-state index contributed by atoms with van der Waals surface area (Å²) in [4.78, 5) is 26.2. The molecule has 2 amide bonds. The van der Waals surface area contributed by atoms with Gasteiger partial charge in [-0.25, -0.2) is 8.42 Å². The molecule has 3 rings (SSSR count). The number of hydrogen-bond donors (Lipinski definition) is 1. The number of benzene rings is 1. The maximum atomic E-state index is 12.7. The second-order valence-corrected chi connectivity index (χ2v) is 9.96. The number of carbonyl (C=O) groups is 2. The molecule has 148 valence electrons. The molecule has 0 unspecified atom stereocenters. The Morgan fingerprint density at radius 1 is 1.26 bits per heavy atom. The summed E-state index contributed by atoms with van der Waals surface area (Å²) >= 11 is 5.90. The highest BCUT2D eigenvalue weighted by Gasteiger charge is 2.38. The van der Waals surface area contributed by atoms with Gasteiger partial charge >= 0.3 is 0 Å². The van der Waals surface area contributed by atoms with Crippen LogP contribution in [0.4, 0.5) is 0 Å². The zero-order chi connectivity index (χ0) is 19.4. The van der Waals surface area contributed by atoms with Crippen molar-refractivity contribution in [2.75, 3.05) is 12.3 Å². The molecule has 2 fully saturated rings. The number of nitrogens with one attached hydrogen (secondary N) is 1. The number of nitrogens with zero attached hydrogens (tertiary/aromatic N) is 1. The van der Waals surface area contributed by atoms with Gasteiger partial charge in [0.1, 0.15) is 0 Å². The monoisotopic (exact) mass is 412 g/mol. The molecule has 0 spiro atoms. The molecule has 2 aliphatic heterocycles. The van der Waals surface area contributed by atoms with Crippen molar-refractivity contribution in [2.45, 2.75) is 56.4 Å². The van der Waals surface area contributed by atoms with E-state index < -0.39 is 9.84 Å². The maximum absolute atomic E-state index is 12.7. The van der Waals surface area contributed by atoms with Crippen LogP contribution < -0.4 is 5.32 Å². The van der Waals surface area contributed by atoms with Crippen LogP contribution in [0.2, 0.25) is 5.02 Å². The van der Waals surface area contributed by atoms with E-state index in [9.17, 15) is 18.0 Å². The smallest absolute Gasteiger partial charge is 0.223 e. The Bertz CT molecular complexity index is 812. The highest BCUT2D eigenvalue weighted by Crippen LogP contribution is 2.26. The van der Waals surface area contributed by atoms with Gasteiger partial charge in [-0.3, -0.25) is 9.59 Å². The van der Waals surface area contributed by atoms with Crippen LogP contribution in [0.3, 0.4) is 0 Å². The van der Waals surface area contributed by atoms with Gasteiger partial charge in [-0.2, -0.15) is 0 Å². The number of sulfone groups is 1. The first kappa shape index (κ1) is 20.1. The predicted molar refractivity (Wildman–Crippen MR) is 104 cm³/mol. The van der Waals surface area contributed by atoms with E-state index in [-0.39, 0.29) is 41.8 Å². The van der Waals surface area contributed by atoms with Crippen molar-refractivity contribution < 1.29 is 18.0 Å². The second kappa shape index (κ2) is 8.61. The van der Waals surface area contributed by atoms with Crippen LogP contribution in [0.25, 0.3) is 0 Å². The first-order chi connectivity index (χ1) is 12.8. The molecule has 1 N–H and O–H groups in total. The van der Waals surface area contributed by atoms with Crippen molar-refractivity contribution >= 4 is 33.3 Å². The van der Waals surface area contributed by atoms with E-state index in [1.807, 2.05) is 0 Å². The van der Waals surface area contributed by atoms with Crippen molar-refractivity contribution in [1.29, 1.82) is 0 Å². The standard InChI is InChI=1S/C19H25ClN2O4S/c20-15-5-3-4-14(12-15)13-27(25,26)11-9-19(24)22-10-8-16-17(22)6-1-2-7-18(23)21-16/h3-5,12,16-17H,1-2,6-11,13H2,(H,21,23)/t16-,17+/m0/s1. The Kier molecular flexibility index (Phi) is 6.42. The lowest BCUT2D eigenvalue weighted by molar-refractivity contribution is -0.132. The SMILES string of the molecule is O=C1CCCC[C@@H]2[C@H](CCN2C(=O)CCS(=O)(=O)Cc2cccc(Cl)c2)N1. The number of amides is 2. The van der Waals surface area contributed by atoms with Gasteiger partial charge in [-0.05, 0) is 37.0 Å². The molecule has 1 aromatic rings. The van der Waals surface area contributed by atoms with Gasteiger partial charge in [-0.15, -0.1) is 0 Å². The van der Waals surface area contributed by atoms with Crippen LogP contribution in [0.1, 0.15) is 44.1 Å². The normalized spacial score (nSPS) is 23.3. The highest BCUT2D eigenvalue weighted by atomic mass is 35.5. The van der Waals surface area contributed by atoms with E-state index in [2.05, 4.69) is 5.32 Å². The second-order valence-electron chi connectivity index (χ2n) is 7.33. The van der Waals surface area contributed by atoms with Gasteiger partial charge in [0, 0.05) is 24.4 Å². The number of carbonyl (C=O) groups excluding carboxylic acids is 2. The fourth-order valence-electron chi connectivity index (χ4n) is 3.95. The van der Waals surface area contributed by atoms with E-state index in [0.29, 0.717) is 23.6 Å². The van der Waals surface area contributed by atoms with Crippen molar-refractivity contribution in [1.82, 2.24) is 10.2 Å². The minimum Gasteiger partial charge on any atom is -0.351 e. The van der Waals surface area contributed by atoms with Crippen molar-refractivity contribution in [3.63, 3.8) is 0 Å². The van der Waals surface area contributed by atoms with E-state index in [1.165, 1.54) is 0 Å². The van der Waals surface area contributed by atoms with Gasteiger partial charge in [-0.1, -0.05) is 30.2 Å². The fraction of sp³-hybridized carbons (Fsp3) is 0.579. The number of likely N-dealkylation sites (tertiary alicyclic amines) is 1. The summed E-state index contributed by atoms with van der Waals surface area (Å²) in [5, 5.41) is 3.51. The lowest BCUT2D eigenvalue weighted by Gasteiger charge is -2.30. The number of hydrogen-bond acceptors (Lipinski definition) is 4. The van der Waals surface area contributed by atoms with Crippen LogP contribution in [0.15, 0.2) is 24.3 Å². The third-order valence-electron chi connectivity index (χ3n) is 5.27. The van der Waals surface area contributed by atoms with Gasteiger partial charge in [0.2, 0.25) is 11.8 Å². The third kappa shape index (κ3) is 5.45. The molecule has 27 heavy (non-hydrogen) atoms. The summed E-state index contributed by atoms with van der Waals surface area (Å²) in [6, 6.07) is 6.73. The average molecular weight is 413 g/mol. The molecule has 0 aromatic heterocycles. The summed E-state index contributed by atoms with van der Waals surface area (Å²) in [5.74, 6) is -0.406. The minimum atomic E-state index is -3.40. The molecule has 2 saturated heterocycles. The van der Waals surface area contributed by atoms with Crippen LogP contribution in [0.5, 0.6) is 0 Å². The summed E-state index contributed by atoms with van der Waals surface area (Å²) in [6.07, 6.45) is 3.83. The molecular formula is C19H25ClN2O4S. The molecule has 2 heterocycles. The Labute approximate surface area is 165 Å². The molecule has 1 aromatic carbocycles. The van der Waals surface area contributed by atoms with Crippen molar-refractivity contribution in [3.8, 4) is 0 Å². The topological polar surface area (TPSA) is 83.6 Å². The Balaban J connectivity index is 1.57. The molecular weight excluding hydrogens is 388 g/mol. The number of fused-ring (bicyclic) bond motifs is 1. The third-order valence-corrected chi connectivity index (χ3v) is 7.10. The molecule has 0 radical (unpaired) electrons. The number of rotatable bonds is 5. The minimum absolute atomic E-state index is 0.00943. The van der Waals surface area contributed by atoms with Gasteiger partial charge in [0.15, 0.2) is 9.84 Å². The van der Waals surface area contributed by atoms with E-state index >= 15 is 0 Å². The van der Waals surface area contributed by atoms with Gasteiger partial charge in [0.25, 0.3) is 0 Å². The number of halogens is 1. The van der Waals surface area contributed by atoms with Crippen molar-refractivity contribution in [3.05, 3.63) is 34.9 Å². The molecule has 0 aliphatic carbocycles. The molecule has 0 saturated carbocycles. The molecule has 0 bridgehead atoms. The van der Waals surface area contributed by atoms with Crippen LogP contribution in [-0.2, 0) is 25.2 Å². The van der Waals surface area contributed by atoms with E-state index in [4.69, 9.17) is 11.6 Å². The zero-order valence-corrected chi connectivity index (χ0v) is 16.8. The maximum Gasteiger partial charge on any atom is 0.223 e. The summed E-state index contributed by atoms with van der Waals surface area (Å²) in [7, 11) is -3.40. The summed E-state index contributed by atoms with van der Waals surface area (Å²) < 4.78 is 24.8. The van der Waals surface area contributed by atoms with Gasteiger partial charge in [0.05, 0.1) is 23.6 Å². The quantitative estimate of drug-likeness (QED) is 0.804. The van der Waals surface area contributed by atoms with E-state index in [1.54, 1.807) is 29.2 Å². The molecule has 6 nitrogen and oxygen atoms in total. The van der Waals surface area contributed by atoms with Crippen LogP contribution in [-0.4, -0.2) is 49.5 Å². The summed E-state index contributed by atoms with van der Waals surface area (Å²) in [5.41, 5.74) is 0.624. The first-order valence-corrected chi connectivity index (χ1v) is 11.6. The molecule has 2 aliphatic rings. The molecule has 2 atom stereocenters. The van der Waals surface area contributed by atoms with E-state index in [0.717, 1.165) is 25.7 Å². The van der Waals surface area contributed by atoms with Crippen LogP contribution in [0, 0.1) is 0 Å². The first-order valence-electron chi connectivity index (χ1n) is 9.38. The van der Waals surface area contributed by atoms with Crippen LogP contribution >= 0.6 is 11.6 Å². The lowest BCUT2D eigenvalue weighted by Crippen LogP contribution is -2.47. The summed E-state index contributed by atoms with van der Waals surface area (Å²) in [6.45, 7) is 0.572. The Morgan fingerprint density at radius 2 is 2.07 bits per heavy atom. The fourth-order valence-corrected chi connectivity index (χ4v) is 5.48. The predicted octanol–water partition coefficient (Wildman–Crippen LogP) is 2.30. The molecule has 8 heteroatoms. The zero-order valence-electron chi connectivity index (χ0n) is 15.2. The van der Waals surface area contributed by atoms with Crippen molar-refractivity contribution in [2.24, 2.45) is 0 Å².